The van der Waals surface area contributed by atoms with Gasteiger partial charge in [-0.1, -0.05) is 49.8 Å². The van der Waals surface area contributed by atoms with Gasteiger partial charge in [0.1, 0.15) is 0 Å². The van der Waals surface area contributed by atoms with Gasteiger partial charge in [-0.05, 0) is 92.8 Å². The molecule has 0 aliphatic heterocycles. The van der Waals surface area contributed by atoms with Crippen LogP contribution in [0.3, 0.4) is 0 Å². The highest BCUT2D eigenvalue weighted by molar-refractivity contribution is 5.33. The summed E-state index contributed by atoms with van der Waals surface area (Å²) in [4.78, 5) is 0. The third kappa shape index (κ3) is 2.09. The van der Waals surface area contributed by atoms with Crippen LogP contribution in [0.1, 0.15) is 72.1 Å². The average molecular weight is 311 g/mol. The van der Waals surface area contributed by atoms with Gasteiger partial charge < -0.3 is 0 Å². The van der Waals surface area contributed by atoms with Crippen molar-refractivity contribution in [3.05, 3.63) is 36.0 Å². The summed E-state index contributed by atoms with van der Waals surface area (Å²) >= 11 is 0. The Morgan fingerprint density at radius 3 is 2.57 bits per heavy atom. The van der Waals surface area contributed by atoms with Crippen LogP contribution < -0.4 is 0 Å². The smallest absolute Gasteiger partial charge is 0.00790 e. The molecule has 6 atom stereocenters. The lowest BCUT2D eigenvalue weighted by Gasteiger charge is -2.58. The fourth-order valence-corrected chi connectivity index (χ4v) is 7.46. The van der Waals surface area contributed by atoms with Gasteiger partial charge in [0.2, 0.25) is 0 Å². The highest BCUT2D eigenvalue weighted by atomic mass is 14.6. The van der Waals surface area contributed by atoms with Crippen LogP contribution in [-0.4, -0.2) is 0 Å². The molecule has 4 rings (SSSR count). The fraction of sp³-hybridized carbons (Fsp3) is 0.739. The van der Waals surface area contributed by atoms with Crippen LogP contribution in [0.4, 0.5) is 0 Å². The quantitative estimate of drug-likeness (QED) is 0.473. The van der Waals surface area contributed by atoms with Gasteiger partial charge in [-0.25, -0.2) is 0 Å². The molecule has 0 aromatic rings. The Labute approximate surface area is 143 Å². The van der Waals surface area contributed by atoms with E-state index in [2.05, 4.69) is 40.0 Å². The van der Waals surface area contributed by atoms with Gasteiger partial charge in [0.25, 0.3) is 0 Å². The Kier molecular flexibility index (Phi) is 3.49. The van der Waals surface area contributed by atoms with Crippen molar-refractivity contribution in [2.75, 3.05) is 0 Å². The van der Waals surface area contributed by atoms with Crippen LogP contribution >= 0.6 is 0 Å². The molecule has 126 valence electrons. The van der Waals surface area contributed by atoms with Crippen LogP contribution in [0.15, 0.2) is 36.0 Å². The first-order chi connectivity index (χ1) is 10.9. The highest BCUT2D eigenvalue weighted by Crippen LogP contribution is 2.67. The first kappa shape index (κ1) is 15.7. The van der Waals surface area contributed by atoms with Crippen molar-refractivity contribution in [3.8, 4) is 0 Å². The number of rotatable bonds is 1. The molecular formula is C23H34. The van der Waals surface area contributed by atoms with E-state index in [0.717, 1.165) is 23.7 Å². The number of hydrogen-bond donors (Lipinski definition) is 0. The van der Waals surface area contributed by atoms with Crippen LogP contribution in [0, 0.1) is 34.5 Å². The third-order valence-corrected chi connectivity index (χ3v) is 8.67. The van der Waals surface area contributed by atoms with Crippen molar-refractivity contribution in [1.29, 1.82) is 0 Å². The molecule has 6 unspecified atom stereocenters. The first-order valence-corrected chi connectivity index (χ1v) is 9.90. The van der Waals surface area contributed by atoms with Crippen molar-refractivity contribution < 1.29 is 0 Å². The molecule has 4 aliphatic rings. The molecule has 0 heteroatoms. The fourth-order valence-electron chi connectivity index (χ4n) is 7.46. The van der Waals surface area contributed by atoms with Gasteiger partial charge in [-0.2, -0.15) is 0 Å². The summed E-state index contributed by atoms with van der Waals surface area (Å²) < 4.78 is 0. The highest BCUT2D eigenvalue weighted by Gasteiger charge is 2.58. The molecule has 0 amide bonds. The van der Waals surface area contributed by atoms with Crippen molar-refractivity contribution in [1.82, 2.24) is 0 Å². The second-order valence-electron chi connectivity index (χ2n) is 9.68. The zero-order valence-corrected chi connectivity index (χ0v) is 15.5. The summed E-state index contributed by atoms with van der Waals surface area (Å²) in [5.41, 5.74) is 5.59. The Morgan fingerprint density at radius 1 is 1.04 bits per heavy atom. The van der Waals surface area contributed by atoms with Crippen molar-refractivity contribution in [2.24, 2.45) is 34.5 Å². The minimum Gasteiger partial charge on any atom is -0.0998 e. The molecule has 23 heavy (non-hydrogen) atoms. The molecule has 0 aromatic heterocycles. The molecule has 0 spiro atoms. The summed E-state index contributed by atoms with van der Waals surface area (Å²) in [6.07, 6.45) is 13.5. The average Bonchev–Trinajstić information content (AvgIpc) is 2.85. The summed E-state index contributed by atoms with van der Waals surface area (Å²) in [6.45, 7) is 16.1. The molecule has 4 aliphatic carbocycles. The summed E-state index contributed by atoms with van der Waals surface area (Å²) in [5.74, 6) is 3.62. The molecular weight excluding hydrogens is 276 g/mol. The normalized spacial score (nSPS) is 49.0. The maximum Gasteiger partial charge on any atom is -0.00790 e. The molecule has 0 heterocycles. The van der Waals surface area contributed by atoms with Gasteiger partial charge in [0, 0.05) is 0 Å². The minimum absolute atomic E-state index is 0.479. The van der Waals surface area contributed by atoms with E-state index in [4.69, 9.17) is 0 Å². The van der Waals surface area contributed by atoms with Gasteiger partial charge in [-0.15, -0.1) is 0 Å². The number of allylic oxidation sites excluding steroid dienone is 4. The van der Waals surface area contributed by atoms with E-state index in [1.54, 1.807) is 5.57 Å². The molecule has 0 saturated heterocycles. The standard InChI is InChI=1S/C23H34/c1-15(2)19-8-9-20-18-7-6-17-14-16(3)10-12-22(17,4)21(18)11-13-23(19,20)5/h14,18-21H,1,3,6-13H2,2,4-5H3. The molecule has 3 fully saturated rings. The lowest BCUT2D eigenvalue weighted by atomic mass is 9.46. The second kappa shape index (κ2) is 5.11. The van der Waals surface area contributed by atoms with Crippen molar-refractivity contribution in [2.45, 2.75) is 72.1 Å². The van der Waals surface area contributed by atoms with E-state index in [9.17, 15) is 0 Å². The van der Waals surface area contributed by atoms with E-state index in [0.29, 0.717) is 10.8 Å². The summed E-state index contributed by atoms with van der Waals surface area (Å²) in [7, 11) is 0. The van der Waals surface area contributed by atoms with Gasteiger partial charge >= 0.3 is 0 Å². The van der Waals surface area contributed by atoms with Gasteiger partial charge in [0.15, 0.2) is 0 Å². The van der Waals surface area contributed by atoms with E-state index in [1.165, 1.54) is 62.5 Å². The predicted octanol–water partition coefficient (Wildman–Crippen LogP) is 6.70. The van der Waals surface area contributed by atoms with Crippen LogP contribution in [-0.2, 0) is 0 Å². The molecule has 0 N–H and O–H groups in total. The van der Waals surface area contributed by atoms with Gasteiger partial charge in [-0.3, -0.25) is 0 Å². The van der Waals surface area contributed by atoms with Crippen LogP contribution in [0.25, 0.3) is 0 Å². The van der Waals surface area contributed by atoms with Gasteiger partial charge in [0.05, 0.1) is 0 Å². The zero-order valence-electron chi connectivity index (χ0n) is 15.5. The number of fused-ring (bicyclic) bond motifs is 5. The van der Waals surface area contributed by atoms with E-state index < -0.39 is 0 Å². The summed E-state index contributed by atoms with van der Waals surface area (Å²) in [5, 5.41) is 0. The predicted molar refractivity (Wildman–Crippen MR) is 99.1 cm³/mol. The molecule has 0 radical (unpaired) electrons. The Morgan fingerprint density at radius 2 is 1.83 bits per heavy atom. The first-order valence-electron chi connectivity index (χ1n) is 9.90. The SMILES string of the molecule is C=C1C=C2CCC3C(CCC4(C)C(C(=C)C)CCC34)C2(C)CC1. The molecule has 0 bridgehead atoms. The maximum atomic E-state index is 4.35. The van der Waals surface area contributed by atoms with Crippen molar-refractivity contribution in [3.63, 3.8) is 0 Å². The zero-order chi connectivity index (χ0) is 16.4. The minimum atomic E-state index is 0.479. The topological polar surface area (TPSA) is 0 Å². The van der Waals surface area contributed by atoms with Crippen LogP contribution in [0.5, 0.6) is 0 Å². The Hall–Kier alpha value is -0.780. The lowest BCUT2D eigenvalue weighted by Crippen LogP contribution is -2.50. The third-order valence-electron chi connectivity index (χ3n) is 8.67. The van der Waals surface area contributed by atoms with Crippen LogP contribution in [0.2, 0.25) is 0 Å². The van der Waals surface area contributed by atoms with E-state index >= 15 is 0 Å². The van der Waals surface area contributed by atoms with E-state index in [1.807, 2.05) is 0 Å². The van der Waals surface area contributed by atoms with E-state index in [-0.39, 0.29) is 0 Å². The maximum absolute atomic E-state index is 4.35. The summed E-state index contributed by atoms with van der Waals surface area (Å²) in [6, 6.07) is 0. The second-order valence-corrected chi connectivity index (χ2v) is 9.68. The molecule has 0 aromatic carbocycles. The monoisotopic (exact) mass is 310 g/mol. The Balaban J connectivity index is 1.67. The molecule has 3 saturated carbocycles. The lowest BCUT2D eigenvalue weighted by molar-refractivity contribution is -0.0450. The molecule has 0 nitrogen and oxygen atoms in total. The Bertz CT molecular complexity index is 579. The van der Waals surface area contributed by atoms with Crippen molar-refractivity contribution >= 4 is 0 Å². The largest absolute Gasteiger partial charge is 0.0998 e. The number of hydrogen-bond acceptors (Lipinski definition) is 0.